The number of esters is 1. The first-order chi connectivity index (χ1) is 10.8. The third-order valence-corrected chi connectivity index (χ3v) is 3.99. The molecule has 0 radical (unpaired) electrons. The van der Waals surface area contributed by atoms with Crippen LogP contribution in [0.15, 0.2) is 35.5 Å². The second kappa shape index (κ2) is 6.93. The van der Waals surface area contributed by atoms with E-state index in [-0.39, 0.29) is 16.5 Å². The zero-order chi connectivity index (χ0) is 17.0. The standard InChI is InChI=1S/C14H14ClN3O4S/c1-22-13(19)10-11(15)17-14(23(2,20)21)18-12(10)16-8-9-6-4-3-5-7-9/h3-7H,8H2,1-2H3,(H,16,17,18). The van der Waals surface area contributed by atoms with Gasteiger partial charge in [-0.2, -0.15) is 0 Å². The molecule has 9 heteroatoms. The lowest BCUT2D eigenvalue weighted by Crippen LogP contribution is -2.15. The second-order valence-corrected chi connectivity index (χ2v) is 6.89. The molecule has 0 saturated heterocycles. The van der Waals surface area contributed by atoms with E-state index in [0.717, 1.165) is 11.8 Å². The molecule has 0 aliphatic rings. The first-order valence-electron chi connectivity index (χ1n) is 6.46. The van der Waals surface area contributed by atoms with Crippen molar-refractivity contribution in [2.75, 3.05) is 18.7 Å². The molecule has 0 aliphatic carbocycles. The summed E-state index contributed by atoms with van der Waals surface area (Å²) >= 11 is 5.94. The van der Waals surface area contributed by atoms with Crippen LogP contribution in [0.25, 0.3) is 0 Å². The number of benzene rings is 1. The number of ether oxygens (including phenoxy) is 1. The maximum atomic E-state index is 11.9. The number of hydrogen-bond donors (Lipinski definition) is 1. The maximum Gasteiger partial charge on any atom is 0.344 e. The zero-order valence-corrected chi connectivity index (χ0v) is 14.0. The summed E-state index contributed by atoms with van der Waals surface area (Å²) in [4.78, 5) is 19.4. The third kappa shape index (κ3) is 4.17. The predicted octanol–water partition coefficient (Wildman–Crippen LogP) is 1.93. The van der Waals surface area contributed by atoms with E-state index in [1.54, 1.807) is 0 Å². The van der Waals surface area contributed by atoms with E-state index >= 15 is 0 Å². The Kier molecular flexibility index (Phi) is 5.17. The van der Waals surface area contributed by atoms with Gasteiger partial charge >= 0.3 is 5.97 Å². The lowest BCUT2D eigenvalue weighted by Gasteiger charge is -2.12. The molecule has 23 heavy (non-hydrogen) atoms. The quantitative estimate of drug-likeness (QED) is 0.497. The Morgan fingerprint density at radius 3 is 2.48 bits per heavy atom. The highest BCUT2D eigenvalue weighted by molar-refractivity contribution is 7.90. The van der Waals surface area contributed by atoms with Crippen molar-refractivity contribution in [2.24, 2.45) is 0 Å². The van der Waals surface area contributed by atoms with Crippen LogP contribution in [0.2, 0.25) is 5.15 Å². The molecule has 1 aromatic heterocycles. The second-order valence-electron chi connectivity index (χ2n) is 4.62. The molecule has 2 rings (SSSR count). The van der Waals surface area contributed by atoms with Crippen molar-refractivity contribution < 1.29 is 17.9 Å². The van der Waals surface area contributed by atoms with Crippen LogP contribution in [0.1, 0.15) is 15.9 Å². The van der Waals surface area contributed by atoms with E-state index < -0.39 is 21.0 Å². The molecule has 0 atom stereocenters. The van der Waals surface area contributed by atoms with Gasteiger partial charge < -0.3 is 10.1 Å². The Balaban J connectivity index is 2.45. The fourth-order valence-corrected chi connectivity index (χ4v) is 2.58. The van der Waals surface area contributed by atoms with Crippen molar-refractivity contribution in [3.05, 3.63) is 46.6 Å². The summed E-state index contributed by atoms with van der Waals surface area (Å²) in [6.07, 6.45) is 0.956. The monoisotopic (exact) mass is 355 g/mol. The first kappa shape index (κ1) is 17.2. The summed E-state index contributed by atoms with van der Waals surface area (Å²) in [5, 5.41) is 2.14. The van der Waals surface area contributed by atoms with Gasteiger partial charge in [-0.05, 0) is 5.56 Å². The Morgan fingerprint density at radius 2 is 1.91 bits per heavy atom. The van der Waals surface area contributed by atoms with Crippen LogP contribution in [0.5, 0.6) is 0 Å². The van der Waals surface area contributed by atoms with Crippen molar-refractivity contribution in [1.82, 2.24) is 9.97 Å². The molecule has 0 unspecified atom stereocenters. The van der Waals surface area contributed by atoms with E-state index in [1.807, 2.05) is 30.3 Å². The van der Waals surface area contributed by atoms with Crippen molar-refractivity contribution in [1.29, 1.82) is 0 Å². The van der Waals surface area contributed by atoms with Crippen LogP contribution in [0.3, 0.4) is 0 Å². The number of methoxy groups -OCH3 is 1. The van der Waals surface area contributed by atoms with E-state index in [0.29, 0.717) is 6.54 Å². The van der Waals surface area contributed by atoms with Crippen LogP contribution < -0.4 is 5.32 Å². The minimum Gasteiger partial charge on any atom is -0.465 e. The van der Waals surface area contributed by atoms with Crippen LogP contribution in [0, 0.1) is 0 Å². The van der Waals surface area contributed by atoms with E-state index in [4.69, 9.17) is 11.6 Å². The largest absolute Gasteiger partial charge is 0.465 e. The van der Waals surface area contributed by atoms with Crippen LogP contribution >= 0.6 is 11.6 Å². The summed E-state index contributed by atoms with van der Waals surface area (Å²) in [5.41, 5.74) is 0.802. The summed E-state index contributed by atoms with van der Waals surface area (Å²) in [6.45, 7) is 0.321. The highest BCUT2D eigenvalue weighted by atomic mass is 35.5. The van der Waals surface area contributed by atoms with E-state index in [2.05, 4.69) is 20.0 Å². The molecule has 0 bridgehead atoms. The molecule has 0 aliphatic heterocycles. The average Bonchev–Trinajstić information content (AvgIpc) is 2.52. The molecule has 0 amide bonds. The highest BCUT2D eigenvalue weighted by Gasteiger charge is 2.24. The summed E-state index contributed by atoms with van der Waals surface area (Å²) in [7, 11) is -2.49. The van der Waals surface area contributed by atoms with Crippen molar-refractivity contribution in [3.8, 4) is 0 Å². The third-order valence-electron chi connectivity index (χ3n) is 2.87. The van der Waals surface area contributed by atoms with Gasteiger partial charge in [-0.15, -0.1) is 0 Å². The van der Waals surface area contributed by atoms with Gasteiger partial charge in [0.15, 0.2) is 5.15 Å². The molecule has 0 spiro atoms. The molecular weight excluding hydrogens is 342 g/mol. The maximum absolute atomic E-state index is 11.9. The van der Waals surface area contributed by atoms with Crippen molar-refractivity contribution >= 4 is 33.2 Å². The fourth-order valence-electron chi connectivity index (χ4n) is 1.77. The van der Waals surface area contributed by atoms with Crippen LogP contribution in [-0.2, 0) is 21.1 Å². The van der Waals surface area contributed by atoms with Crippen LogP contribution in [-0.4, -0.2) is 37.7 Å². The van der Waals surface area contributed by atoms with Gasteiger partial charge in [0, 0.05) is 12.8 Å². The molecule has 0 saturated carbocycles. The molecule has 2 aromatic rings. The fraction of sp³-hybridized carbons (Fsp3) is 0.214. The van der Waals surface area contributed by atoms with E-state index in [9.17, 15) is 13.2 Å². The van der Waals surface area contributed by atoms with Crippen LogP contribution in [0.4, 0.5) is 5.82 Å². The molecule has 7 nitrogen and oxygen atoms in total. The Labute approximate surface area is 138 Å². The summed E-state index contributed by atoms with van der Waals surface area (Å²) in [6, 6.07) is 9.31. The average molecular weight is 356 g/mol. The summed E-state index contributed by atoms with van der Waals surface area (Å²) < 4.78 is 27.9. The number of nitrogens with zero attached hydrogens (tertiary/aromatic N) is 2. The Morgan fingerprint density at radius 1 is 1.26 bits per heavy atom. The zero-order valence-electron chi connectivity index (χ0n) is 12.4. The number of aromatic nitrogens is 2. The lowest BCUT2D eigenvalue weighted by atomic mass is 10.2. The first-order valence-corrected chi connectivity index (χ1v) is 8.73. The molecular formula is C14H14ClN3O4S. The summed E-state index contributed by atoms with van der Waals surface area (Å²) in [5.74, 6) is -0.758. The minimum absolute atomic E-state index is 0.00104. The smallest absolute Gasteiger partial charge is 0.344 e. The Hall–Kier alpha value is -2.19. The van der Waals surface area contributed by atoms with Crippen molar-refractivity contribution in [3.63, 3.8) is 0 Å². The topological polar surface area (TPSA) is 98.2 Å². The predicted molar refractivity (Wildman–Crippen MR) is 85.3 cm³/mol. The number of carbonyl (C=O) groups is 1. The number of halogens is 1. The van der Waals surface area contributed by atoms with Gasteiger partial charge in [0.05, 0.1) is 7.11 Å². The van der Waals surface area contributed by atoms with Gasteiger partial charge in [0.2, 0.25) is 15.0 Å². The highest BCUT2D eigenvalue weighted by Crippen LogP contribution is 2.24. The van der Waals surface area contributed by atoms with Crippen molar-refractivity contribution in [2.45, 2.75) is 11.7 Å². The molecule has 122 valence electrons. The number of carbonyl (C=O) groups excluding carboxylic acids is 1. The van der Waals surface area contributed by atoms with E-state index in [1.165, 1.54) is 7.11 Å². The normalized spacial score (nSPS) is 11.1. The molecule has 1 N–H and O–H groups in total. The molecule has 1 aromatic carbocycles. The number of anilines is 1. The molecule has 1 heterocycles. The minimum atomic E-state index is -3.68. The van der Waals surface area contributed by atoms with Gasteiger partial charge in [0.25, 0.3) is 0 Å². The van der Waals surface area contributed by atoms with Gasteiger partial charge in [-0.3, -0.25) is 0 Å². The number of sulfone groups is 1. The number of nitrogens with one attached hydrogen (secondary N) is 1. The molecule has 0 fully saturated rings. The lowest BCUT2D eigenvalue weighted by molar-refractivity contribution is 0.0601. The SMILES string of the molecule is COC(=O)c1c(Cl)nc(S(C)(=O)=O)nc1NCc1ccccc1. The van der Waals surface area contributed by atoms with Gasteiger partial charge in [-0.1, -0.05) is 41.9 Å². The Bertz CT molecular complexity index is 825. The van der Waals surface area contributed by atoms with Gasteiger partial charge in [-0.25, -0.2) is 23.2 Å². The number of hydrogen-bond acceptors (Lipinski definition) is 7. The number of rotatable bonds is 5. The van der Waals surface area contributed by atoms with Gasteiger partial charge in [0.1, 0.15) is 11.4 Å².